The van der Waals surface area contributed by atoms with Gasteiger partial charge in [0.1, 0.15) is 5.75 Å². The molecule has 4 nitrogen and oxygen atoms in total. The predicted molar refractivity (Wildman–Crippen MR) is 79.0 cm³/mol. The van der Waals surface area contributed by atoms with Crippen LogP contribution in [-0.2, 0) is 13.0 Å². The van der Waals surface area contributed by atoms with Crippen molar-refractivity contribution in [1.29, 1.82) is 0 Å². The van der Waals surface area contributed by atoms with Crippen molar-refractivity contribution < 1.29 is 4.74 Å². The fourth-order valence-corrected chi connectivity index (χ4v) is 2.96. The average Bonchev–Trinajstić information content (AvgIpc) is 3.02. The van der Waals surface area contributed by atoms with Crippen LogP contribution in [-0.4, -0.2) is 22.4 Å². The summed E-state index contributed by atoms with van der Waals surface area (Å²) in [6.07, 6.45) is 0.830. The number of nitrogens with two attached hydrogens (primary N) is 1. The summed E-state index contributed by atoms with van der Waals surface area (Å²) in [7, 11) is 0. The Hall–Kier alpha value is -1.81. The summed E-state index contributed by atoms with van der Waals surface area (Å²) in [6.45, 7) is 5.69. The van der Waals surface area contributed by atoms with Crippen LogP contribution in [0.5, 0.6) is 5.75 Å². The van der Waals surface area contributed by atoms with Gasteiger partial charge in [-0.25, -0.2) is 0 Å². The van der Waals surface area contributed by atoms with Crippen LogP contribution in [0, 0.1) is 6.92 Å². The average molecular weight is 271 g/mol. The van der Waals surface area contributed by atoms with Crippen LogP contribution in [0.15, 0.2) is 30.3 Å². The molecule has 106 valence electrons. The van der Waals surface area contributed by atoms with Gasteiger partial charge in [-0.3, -0.25) is 4.68 Å². The second kappa shape index (κ2) is 5.29. The van der Waals surface area contributed by atoms with E-state index in [9.17, 15) is 0 Å². The molecule has 1 aromatic heterocycles. The number of hydrogen-bond acceptors (Lipinski definition) is 3. The van der Waals surface area contributed by atoms with E-state index in [-0.39, 0.29) is 12.0 Å². The Labute approximate surface area is 119 Å². The number of aromatic nitrogens is 2. The van der Waals surface area contributed by atoms with Crippen molar-refractivity contribution in [2.45, 2.75) is 38.8 Å². The zero-order chi connectivity index (χ0) is 14.1. The Bertz CT molecular complexity index is 606. The van der Waals surface area contributed by atoms with Gasteiger partial charge in [0.05, 0.1) is 12.3 Å². The van der Waals surface area contributed by atoms with Gasteiger partial charge in [-0.2, -0.15) is 5.10 Å². The number of aryl methyl sites for hydroxylation is 2. The number of rotatable bonds is 4. The lowest BCUT2D eigenvalue weighted by molar-refractivity contribution is 0.312. The molecule has 0 bridgehead atoms. The van der Waals surface area contributed by atoms with Gasteiger partial charge in [0.2, 0.25) is 0 Å². The number of benzene rings is 1. The topological polar surface area (TPSA) is 53.1 Å². The van der Waals surface area contributed by atoms with Crippen LogP contribution < -0.4 is 10.5 Å². The van der Waals surface area contributed by atoms with E-state index in [1.54, 1.807) is 0 Å². The molecule has 1 aliphatic rings. The Morgan fingerprint density at radius 1 is 1.45 bits per heavy atom. The molecule has 0 aliphatic carbocycles. The molecule has 2 aromatic rings. The molecule has 0 radical (unpaired) electrons. The van der Waals surface area contributed by atoms with Gasteiger partial charge < -0.3 is 10.5 Å². The molecule has 0 amide bonds. The fraction of sp³-hybridized carbons (Fsp3) is 0.438. The molecule has 2 unspecified atom stereocenters. The van der Waals surface area contributed by atoms with Crippen molar-refractivity contribution in [3.8, 4) is 5.75 Å². The number of nitrogens with zero attached hydrogens (tertiary/aromatic N) is 2. The van der Waals surface area contributed by atoms with Gasteiger partial charge >= 0.3 is 0 Å². The number of ether oxygens (including phenoxy) is 1. The Morgan fingerprint density at radius 2 is 2.25 bits per heavy atom. The van der Waals surface area contributed by atoms with E-state index in [1.165, 1.54) is 11.3 Å². The monoisotopic (exact) mass is 271 g/mol. The molecule has 2 N–H and O–H groups in total. The molecule has 4 heteroatoms. The molecule has 20 heavy (non-hydrogen) atoms. The standard InChI is InChI=1S/C16H21N3O/c1-3-19-12(8-11(2)18-19)9-15(17)14-10-20-16-7-5-4-6-13(14)16/h4-8,14-15H,3,9-10,17H2,1-2H3. The van der Waals surface area contributed by atoms with E-state index >= 15 is 0 Å². The van der Waals surface area contributed by atoms with Crippen LogP contribution in [0.3, 0.4) is 0 Å². The molecule has 0 fully saturated rings. The second-order valence-corrected chi connectivity index (χ2v) is 5.42. The summed E-state index contributed by atoms with van der Waals surface area (Å²) < 4.78 is 7.77. The van der Waals surface area contributed by atoms with Crippen LogP contribution in [0.1, 0.15) is 29.8 Å². The normalized spacial score (nSPS) is 18.6. The third kappa shape index (κ3) is 2.31. The molecule has 1 aliphatic heterocycles. The molecule has 0 saturated heterocycles. The van der Waals surface area contributed by atoms with Crippen molar-refractivity contribution in [2.75, 3.05) is 6.61 Å². The quantitative estimate of drug-likeness (QED) is 0.928. The Balaban J connectivity index is 1.79. The summed E-state index contributed by atoms with van der Waals surface area (Å²) >= 11 is 0. The van der Waals surface area contributed by atoms with E-state index in [0.717, 1.165) is 24.4 Å². The molecular formula is C16H21N3O. The lowest BCUT2D eigenvalue weighted by atomic mass is 9.91. The first-order valence-electron chi connectivity index (χ1n) is 7.19. The highest BCUT2D eigenvalue weighted by atomic mass is 16.5. The maximum atomic E-state index is 6.44. The van der Waals surface area contributed by atoms with E-state index in [2.05, 4.69) is 24.2 Å². The second-order valence-electron chi connectivity index (χ2n) is 5.42. The lowest BCUT2D eigenvalue weighted by Gasteiger charge is -2.18. The summed E-state index contributed by atoms with van der Waals surface area (Å²) in [5.41, 5.74) is 9.94. The summed E-state index contributed by atoms with van der Waals surface area (Å²) in [5.74, 6) is 1.25. The smallest absolute Gasteiger partial charge is 0.122 e. The maximum absolute atomic E-state index is 6.44. The largest absolute Gasteiger partial charge is 0.493 e. The molecule has 1 aromatic carbocycles. The van der Waals surface area contributed by atoms with Crippen molar-refractivity contribution in [3.63, 3.8) is 0 Å². The Kier molecular flexibility index (Phi) is 3.49. The zero-order valence-electron chi connectivity index (χ0n) is 12.0. The van der Waals surface area contributed by atoms with Crippen LogP contribution in [0.4, 0.5) is 0 Å². The van der Waals surface area contributed by atoms with Crippen molar-refractivity contribution in [2.24, 2.45) is 5.73 Å². The van der Waals surface area contributed by atoms with E-state index in [1.807, 2.05) is 29.8 Å². The van der Waals surface area contributed by atoms with Gasteiger partial charge in [0.25, 0.3) is 0 Å². The molecule has 2 atom stereocenters. The van der Waals surface area contributed by atoms with Gasteiger partial charge in [-0.05, 0) is 26.0 Å². The summed E-state index contributed by atoms with van der Waals surface area (Å²) in [4.78, 5) is 0. The van der Waals surface area contributed by atoms with Crippen LogP contribution in [0.25, 0.3) is 0 Å². The first-order valence-corrected chi connectivity index (χ1v) is 7.19. The van der Waals surface area contributed by atoms with E-state index < -0.39 is 0 Å². The molecule has 3 rings (SSSR count). The Morgan fingerprint density at radius 3 is 3.05 bits per heavy atom. The van der Waals surface area contributed by atoms with E-state index in [0.29, 0.717) is 6.61 Å². The SMILES string of the molecule is CCn1nc(C)cc1CC(N)C1COc2ccccc21. The highest BCUT2D eigenvalue weighted by molar-refractivity contribution is 5.40. The van der Waals surface area contributed by atoms with Crippen LogP contribution in [0.2, 0.25) is 0 Å². The minimum Gasteiger partial charge on any atom is -0.493 e. The predicted octanol–water partition coefficient (Wildman–Crippen LogP) is 2.26. The first kappa shape index (κ1) is 13.2. The van der Waals surface area contributed by atoms with Gasteiger partial charge in [0.15, 0.2) is 0 Å². The van der Waals surface area contributed by atoms with Crippen molar-refractivity contribution >= 4 is 0 Å². The molecule has 2 heterocycles. The van der Waals surface area contributed by atoms with Gasteiger partial charge in [0, 0.05) is 36.2 Å². The van der Waals surface area contributed by atoms with Crippen molar-refractivity contribution in [1.82, 2.24) is 9.78 Å². The summed E-state index contributed by atoms with van der Waals surface area (Å²) in [5, 5.41) is 4.48. The number of fused-ring (bicyclic) bond motifs is 1. The number of para-hydroxylation sites is 1. The van der Waals surface area contributed by atoms with E-state index in [4.69, 9.17) is 10.5 Å². The molecule has 0 spiro atoms. The fourth-order valence-electron chi connectivity index (χ4n) is 2.96. The maximum Gasteiger partial charge on any atom is 0.122 e. The highest BCUT2D eigenvalue weighted by Gasteiger charge is 2.29. The van der Waals surface area contributed by atoms with Gasteiger partial charge in [-0.1, -0.05) is 18.2 Å². The zero-order valence-corrected chi connectivity index (χ0v) is 12.0. The minimum atomic E-state index is 0.0556. The number of hydrogen-bond donors (Lipinski definition) is 1. The molecule has 0 saturated carbocycles. The highest BCUT2D eigenvalue weighted by Crippen LogP contribution is 2.35. The van der Waals surface area contributed by atoms with Crippen LogP contribution >= 0.6 is 0 Å². The summed E-state index contributed by atoms with van der Waals surface area (Å²) in [6, 6.07) is 10.4. The molecular weight excluding hydrogens is 250 g/mol. The van der Waals surface area contributed by atoms with Gasteiger partial charge in [-0.15, -0.1) is 0 Å². The third-order valence-corrected chi connectivity index (χ3v) is 3.98. The van der Waals surface area contributed by atoms with Crippen molar-refractivity contribution in [3.05, 3.63) is 47.3 Å². The minimum absolute atomic E-state index is 0.0556. The third-order valence-electron chi connectivity index (χ3n) is 3.98. The lowest BCUT2D eigenvalue weighted by Crippen LogP contribution is -2.32. The first-order chi connectivity index (χ1) is 9.69.